The maximum Gasteiger partial charge on any atom is 0.278 e. The van der Waals surface area contributed by atoms with Crippen LogP contribution in [0.5, 0.6) is 16.7 Å². The molecule has 13 heavy (non-hydrogen) atoms. The Hall–Kier alpha value is -1.55. The van der Waals surface area contributed by atoms with Crippen LogP contribution >= 0.6 is 11.3 Å². The predicted octanol–water partition coefficient (Wildman–Crippen LogP) is 2.64. The molecule has 2 rings (SSSR count). The van der Waals surface area contributed by atoms with Crippen LogP contribution in [0.2, 0.25) is 0 Å². The Morgan fingerprint density at radius 1 is 1.23 bits per heavy atom. The van der Waals surface area contributed by atoms with Crippen LogP contribution < -0.4 is 4.74 Å². The molecular formula is C9H7NO2S. The number of hydrogen-bond donors (Lipinski definition) is 1. The highest BCUT2D eigenvalue weighted by Gasteiger charge is 1.98. The molecule has 0 unspecified atom stereocenters. The number of phenolic OH excluding ortho intramolecular Hbond substituents is 1. The van der Waals surface area contributed by atoms with Crippen molar-refractivity contribution < 1.29 is 9.84 Å². The van der Waals surface area contributed by atoms with Crippen LogP contribution in [0.15, 0.2) is 35.8 Å². The number of aromatic hydroxyl groups is 1. The van der Waals surface area contributed by atoms with Crippen molar-refractivity contribution in [2.24, 2.45) is 0 Å². The van der Waals surface area contributed by atoms with Gasteiger partial charge in [0.15, 0.2) is 0 Å². The van der Waals surface area contributed by atoms with Crippen molar-refractivity contribution in [3.05, 3.63) is 35.8 Å². The molecule has 1 heterocycles. The molecule has 0 amide bonds. The summed E-state index contributed by atoms with van der Waals surface area (Å²) in [5.74, 6) is 0.902. The van der Waals surface area contributed by atoms with Crippen molar-refractivity contribution in [3.8, 4) is 16.7 Å². The monoisotopic (exact) mass is 193 g/mol. The summed E-state index contributed by atoms with van der Waals surface area (Å²) in [4.78, 5) is 3.97. The predicted molar refractivity (Wildman–Crippen MR) is 50.3 cm³/mol. The Balaban J connectivity index is 2.15. The Labute approximate surface area is 79.3 Å². The van der Waals surface area contributed by atoms with E-state index in [4.69, 9.17) is 9.84 Å². The van der Waals surface area contributed by atoms with Gasteiger partial charge in [-0.15, -0.1) is 0 Å². The van der Waals surface area contributed by atoms with E-state index in [1.807, 2.05) is 5.38 Å². The lowest BCUT2D eigenvalue weighted by Crippen LogP contribution is -1.81. The largest absolute Gasteiger partial charge is 0.508 e. The van der Waals surface area contributed by atoms with E-state index in [9.17, 15) is 0 Å². The smallest absolute Gasteiger partial charge is 0.278 e. The average Bonchev–Trinajstić information content (AvgIpc) is 2.62. The van der Waals surface area contributed by atoms with Crippen LogP contribution in [-0.4, -0.2) is 10.1 Å². The molecule has 3 nitrogen and oxygen atoms in total. The second kappa shape index (κ2) is 3.45. The SMILES string of the molecule is Oc1ccc(Oc2nccs2)cc1. The summed E-state index contributed by atoms with van der Waals surface area (Å²) in [6.45, 7) is 0. The molecule has 0 aliphatic heterocycles. The minimum Gasteiger partial charge on any atom is -0.508 e. The normalized spacial score (nSPS) is 9.85. The highest BCUT2D eigenvalue weighted by molar-refractivity contribution is 7.11. The average molecular weight is 193 g/mol. The minimum atomic E-state index is 0.228. The number of aromatic nitrogens is 1. The molecule has 0 fully saturated rings. The van der Waals surface area contributed by atoms with Gasteiger partial charge < -0.3 is 9.84 Å². The summed E-state index contributed by atoms with van der Waals surface area (Å²) in [5, 5.41) is 11.5. The number of thiazole rings is 1. The molecule has 0 atom stereocenters. The fraction of sp³-hybridized carbons (Fsp3) is 0. The van der Waals surface area contributed by atoms with Crippen LogP contribution in [0, 0.1) is 0 Å². The quantitative estimate of drug-likeness (QED) is 0.797. The molecule has 0 spiro atoms. The number of hydrogen-bond acceptors (Lipinski definition) is 4. The second-order valence-corrected chi connectivity index (χ2v) is 3.25. The summed E-state index contributed by atoms with van der Waals surface area (Å²) in [6.07, 6.45) is 1.68. The van der Waals surface area contributed by atoms with Crippen molar-refractivity contribution in [1.82, 2.24) is 4.98 Å². The van der Waals surface area contributed by atoms with Gasteiger partial charge in [-0.05, 0) is 24.3 Å². The fourth-order valence-corrected chi connectivity index (χ4v) is 1.38. The molecule has 1 aromatic carbocycles. The van der Waals surface area contributed by atoms with Crippen LogP contribution in [-0.2, 0) is 0 Å². The van der Waals surface area contributed by atoms with E-state index in [0.29, 0.717) is 10.9 Å². The molecule has 0 bridgehead atoms. The zero-order valence-corrected chi connectivity index (χ0v) is 7.49. The molecule has 0 saturated heterocycles. The van der Waals surface area contributed by atoms with Crippen molar-refractivity contribution in [2.75, 3.05) is 0 Å². The van der Waals surface area contributed by atoms with Crippen LogP contribution in [0.3, 0.4) is 0 Å². The molecular weight excluding hydrogens is 186 g/mol. The Morgan fingerprint density at radius 2 is 2.00 bits per heavy atom. The highest BCUT2D eigenvalue weighted by atomic mass is 32.1. The van der Waals surface area contributed by atoms with Crippen LogP contribution in [0.4, 0.5) is 0 Å². The number of rotatable bonds is 2. The van der Waals surface area contributed by atoms with Gasteiger partial charge in [0.05, 0.1) is 0 Å². The number of phenols is 1. The van der Waals surface area contributed by atoms with Gasteiger partial charge in [-0.25, -0.2) is 4.98 Å². The van der Waals surface area contributed by atoms with Gasteiger partial charge in [-0.3, -0.25) is 0 Å². The van der Waals surface area contributed by atoms with E-state index in [-0.39, 0.29) is 5.75 Å². The van der Waals surface area contributed by atoms with Gasteiger partial charge in [0.1, 0.15) is 11.5 Å². The van der Waals surface area contributed by atoms with Crippen molar-refractivity contribution in [3.63, 3.8) is 0 Å². The van der Waals surface area contributed by atoms with E-state index >= 15 is 0 Å². The van der Waals surface area contributed by atoms with Crippen LogP contribution in [0.1, 0.15) is 0 Å². The number of benzene rings is 1. The van der Waals surface area contributed by atoms with Gasteiger partial charge in [0.2, 0.25) is 0 Å². The van der Waals surface area contributed by atoms with E-state index in [1.54, 1.807) is 30.5 Å². The van der Waals surface area contributed by atoms with Crippen molar-refractivity contribution >= 4 is 11.3 Å². The zero-order chi connectivity index (χ0) is 9.10. The van der Waals surface area contributed by atoms with Gasteiger partial charge in [-0.2, -0.15) is 0 Å². The van der Waals surface area contributed by atoms with E-state index in [1.165, 1.54) is 11.3 Å². The third-order valence-electron chi connectivity index (χ3n) is 1.45. The van der Waals surface area contributed by atoms with Crippen molar-refractivity contribution in [2.45, 2.75) is 0 Å². The van der Waals surface area contributed by atoms with Crippen LogP contribution in [0.25, 0.3) is 0 Å². The van der Waals surface area contributed by atoms with Gasteiger partial charge in [-0.1, -0.05) is 11.3 Å². The summed E-state index contributed by atoms with van der Waals surface area (Å²) in [5.41, 5.74) is 0. The van der Waals surface area contributed by atoms with Gasteiger partial charge in [0.25, 0.3) is 5.19 Å². The standard InChI is InChI=1S/C9H7NO2S/c11-7-1-3-8(4-2-7)12-9-10-5-6-13-9/h1-6,11H. The Kier molecular flexibility index (Phi) is 2.14. The first kappa shape index (κ1) is 8.07. The summed E-state index contributed by atoms with van der Waals surface area (Å²) >= 11 is 1.43. The highest BCUT2D eigenvalue weighted by Crippen LogP contribution is 2.24. The molecule has 0 aliphatic rings. The third-order valence-corrected chi connectivity index (χ3v) is 2.10. The summed E-state index contributed by atoms with van der Waals surface area (Å²) < 4.78 is 5.37. The fourth-order valence-electron chi connectivity index (χ4n) is 0.876. The summed E-state index contributed by atoms with van der Waals surface area (Å²) in [7, 11) is 0. The molecule has 1 N–H and O–H groups in total. The molecule has 0 radical (unpaired) electrons. The van der Waals surface area contributed by atoms with Gasteiger partial charge in [0, 0.05) is 11.6 Å². The molecule has 2 aromatic rings. The lowest BCUT2D eigenvalue weighted by molar-refractivity contribution is 0.463. The topological polar surface area (TPSA) is 42.4 Å². The minimum absolute atomic E-state index is 0.228. The third kappa shape index (κ3) is 1.97. The molecule has 4 heteroatoms. The zero-order valence-electron chi connectivity index (χ0n) is 6.68. The maximum absolute atomic E-state index is 9.01. The molecule has 1 aromatic heterocycles. The number of nitrogens with zero attached hydrogens (tertiary/aromatic N) is 1. The number of ether oxygens (including phenoxy) is 1. The summed E-state index contributed by atoms with van der Waals surface area (Å²) in [6, 6.07) is 6.53. The van der Waals surface area contributed by atoms with E-state index in [0.717, 1.165) is 0 Å². The second-order valence-electron chi connectivity index (χ2n) is 2.39. The first-order valence-electron chi connectivity index (χ1n) is 3.71. The van der Waals surface area contributed by atoms with E-state index < -0.39 is 0 Å². The maximum atomic E-state index is 9.01. The van der Waals surface area contributed by atoms with Gasteiger partial charge >= 0.3 is 0 Å². The molecule has 0 saturated carbocycles. The molecule has 0 aliphatic carbocycles. The lowest BCUT2D eigenvalue weighted by Gasteiger charge is -2.00. The Bertz CT molecular complexity index is 369. The first-order chi connectivity index (χ1) is 6.34. The van der Waals surface area contributed by atoms with E-state index in [2.05, 4.69) is 4.98 Å². The van der Waals surface area contributed by atoms with Crippen molar-refractivity contribution in [1.29, 1.82) is 0 Å². The lowest BCUT2D eigenvalue weighted by atomic mass is 10.3. The first-order valence-corrected chi connectivity index (χ1v) is 4.59. The molecule has 66 valence electrons. The Morgan fingerprint density at radius 3 is 2.62 bits per heavy atom.